The molecule has 25 heavy (non-hydrogen) atoms. The number of carboxylic acid groups (broad SMARTS) is 1. The van der Waals surface area contributed by atoms with E-state index in [4.69, 9.17) is 22.1 Å². The summed E-state index contributed by atoms with van der Waals surface area (Å²) < 4.78 is 5.56. The molecule has 0 aliphatic rings. The standard InChI is InChI=1S/C18H18N2O4S/c1-11(2)24-15-5-3-4-13(10-15)16(21)20-18(25)19-14-8-6-12(7-9-14)17(22)23/h3-11H,1-2H3,(H,22,23)(H2,19,20,21,25). The highest BCUT2D eigenvalue weighted by Crippen LogP contribution is 2.15. The summed E-state index contributed by atoms with van der Waals surface area (Å²) in [7, 11) is 0. The molecule has 1 amide bonds. The van der Waals surface area contributed by atoms with Crippen LogP contribution in [0.15, 0.2) is 48.5 Å². The molecule has 3 N–H and O–H groups in total. The van der Waals surface area contributed by atoms with Crippen molar-refractivity contribution in [3.63, 3.8) is 0 Å². The van der Waals surface area contributed by atoms with E-state index < -0.39 is 5.97 Å². The molecule has 0 aromatic heterocycles. The molecule has 0 aliphatic heterocycles. The molecule has 2 aromatic rings. The van der Waals surface area contributed by atoms with E-state index in [9.17, 15) is 9.59 Å². The molecular weight excluding hydrogens is 340 g/mol. The third kappa shape index (κ3) is 5.58. The van der Waals surface area contributed by atoms with Gasteiger partial charge in [-0.1, -0.05) is 6.07 Å². The Hall–Kier alpha value is -2.93. The van der Waals surface area contributed by atoms with Crippen molar-refractivity contribution in [3.05, 3.63) is 59.7 Å². The van der Waals surface area contributed by atoms with Gasteiger partial charge in [0.05, 0.1) is 11.7 Å². The second-order valence-corrected chi connectivity index (χ2v) is 5.89. The highest BCUT2D eigenvalue weighted by molar-refractivity contribution is 7.80. The third-order valence-electron chi connectivity index (χ3n) is 3.08. The van der Waals surface area contributed by atoms with Gasteiger partial charge in [-0.15, -0.1) is 0 Å². The van der Waals surface area contributed by atoms with Gasteiger partial charge in [0.15, 0.2) is 5.11 Å². The fourth-order valence-electron chi connectivity index (χ4n) is 2.02. The largest absolute Gasteiger partial charge is 0.491 e. The van der Waals surface area contributed by atoms with Crippen molar-refractivity contribution < 1.29 is 19.4 Å². The van der Waals surface area contributed by atoms with Gasteiger partial charge in [0, 0.05) is 11.3 Å². The molecule has 7 heteroatoms. The van der Waals surface area contributed by atoms with Crippen molar-refractivity contribution in [1.29, 1.82) is 0 Å². The van der Waals surface area contributed by atoms with Gasteiger partial charge in [0.1, 0.15) is 5.75 Å². The summed E-state index contributed by atoms with van der Waals surface area (Å²) in [5, 5.41) is 14.4. The highest BCUT2D eigenvalue weighted by atomic mass is 32.1. The van der Waals surface area contributed by atoms with E-state index in [1.54, 1.807) is 36.4 Å². The maximum absolute atomic E-state index is 12.3. The molecule has 0 heterocycles. The van der Waals surface area contributed by atoms with E-state index in [0.29, 0.717) is 17.0 Å². The van der Waals surface area contributed by atoms with Crippen LogP contribution in [0.1, 0.15) is 34.6 Å². The minimum Gasteiger partial charge on any atom is -0.491 e. The molecule has 2 rings (SSSR count). The summed E-state index contributed by atoms with van der Waals surface area (Å²) >= 11 is 5.11. The van der Waals surface area contributed by atoms with Crippen LogP contribution in [0, 0.1) is 0 Å². The molecule has 130 valence electrons. The SMILES string of the molecule is CC(C)Oc1cccc(C(=O)NC(=S)Nc2ccc(C(=O)O)cc2)c1. The van der Waals surface area contributed by atoms with Gasteiger partial charge in [0.2, 0.25) is 0 Å². The average Bonchev–Trinajstić information content (AvgIpc) is 2.54. The molecule has 0 spiro atoms. The lowest BCUT2D eigenvalue weighted by Crippen LogP contribution is -2.34. The van der Waals surface area contributed by atoms with Crippen LogP contribution in [0.25, 0.3) is 0 Å². The number of hydrogen-bond acceptors (Lipinski definition) is 4. The molecule has 0 radical (unpaired) electrons. The normalized spacial score (nSPS) is 10.2. The molecule has 2 aromatic carbocycles. The number of carbonyl (C=O) groups excluding carboxylic acids is 1. The summed E-state index contributed by atoms with van der Waals surface area (Å²) in [6, 6.07) is 12.8. The van der Waals surface area contributed by atoms with Crippen LogP contribution in [0.4, 0.5) is 5.69 Å². The zero-order chi connectivity index (χ0) is 18.4. The fraction of sp³-hybridized carbons (Fsp3) is 0.167. The Kier molecular flexibility index (Phi) is 6.08. The zero-order valence-corrected chi connectivity index (χ0v) is 14.6. The van der Waals surface area contributed by atoms with Gasteiger partial charge in [-0.05, 0) is 68.5 Å². The van der Waals surface area contributed by atoms with Crippen molar-refractivity contribution in [1.82, 2.24) is 5.32 Å². The van der Waals surface area contributed by atoms with Gasteiger partial charge in [-0.3, -0.25) is 10.1 Å². The first-order valence-electron chi connectivity index (χ1n) is 7.57. The lowest BCUT2D eigenvalue weighted by Gasteiger charge is -2.12. The molecular formula is C18H18N2O4S. The lowest BCUT2D eigenvalue weighted by molar-refractivity contribution is 0.0696. The zero-order valence-electron chi connectivity index (χ0n) is 13.8. The number of rotatable bonds is 5. The van der Waals surface area contributed by atoms with Crippen LogP contribution >= 0.6 is 12.2 Å². The highest BCUT2D eigenvalue weighted by Gasteiger charge is 2.10. The molecule has 0 atom stereocenters. The number of anilines is 1. The monoisotopic (exact) mass is 358 g/mol. The maximum Gasteiger partial charge on any atom is 0.335 e. The Balaban J connectivity index is 1.98. The number of hydrogen-bond donors (Lipinski definition) is 3. The number of ether oxygens (including phenoxy) is 1. The number of thiocarbonyl (C=S) groups is 1. The first kappa shape index (κ1) is 18.4. The first-order valence-corrected chi connectivity index (χ1v) is 7.98. The predicted molar refractivity (Wildman–Crippen MR) is 99.3 cm³/mol. The Labute approximate surface area is 150 Å². The molecule has 0 aliphatic carbocycles. The predicted octanol–water partition coefficient (Wildman–Crippen LogP) is 3.30. The number of carbonyl (C=O) groups is 2. The third-order valence-corrected chi connectivity index (χ3v) is 3.29. The number of amides is 1. The topological polar surface area (TPSA) is 87.7 Å². The van der Waals surface area contributed by atoms with Crippen molar-refractivity contribution in [2.45, 2.75) is 20.0 Å². The van der Waals surface area contributed by atoms with Crippen LogP contribution in [0.5, 0.6) is 5.75 Å². The van der Waals surface area contributed by atoms with Crippen molar-refractivity contribution in [2.75, 3.05) is 5.32 Å². The molecule has 0 fully saturated rings. The Morgan fingerprint density at radius 3 is 2.36 bits per heavy atom. The Bertz CT molecular complexity index is 788. The van der Waals surface area contributed by atoms with Crippen LogP contribution in [0.3, 0.4) is 0 Å². The summed E-state index contributed by atoms with van der Waals surface area (Å²) in [4.78, 5) is 23.1. The summed E-state index contributed by atoms with van der Waals surface area (Å²) in [6.45, 7) is 3.81. The van der Waals surface area contributed by atoms with Gasteiger partial charge >= 0.3 is 5.97 Å². The van der Waals surface area contributed by atoms with Crippen LogP contribution in [0.2, 0.25) is 0 Å². The number of benzene rings is 2. The second-order valence-electron chi connectivity index (χ2n) is 5.49. The molecule has 0 bridgehead atoms. The van der Waals surface area contributed by atoms with E-state index in [1.165, 1.54) is 12.1 Å². The molecule has 0 unspecified atom stereocenters. The van der Waals surface area contributed by atoms with Crippen LogP contribution in [-0.2, 0) is 0 Å². The van der Waals surface area contributed by atoms with E-state index in [2.05, 4.69) is 10.6 Å². The van der Waals surface area contributed by atoms with E-state index in [0.717, 1.165) is 0 Å². The van der Waals surface area contributed by atoms with Crippen molar-refractivity contribution >= 4 is 34.9 Å². The Morgan fingerprint density at radius 2 is 1.76 bits per heavy atom. The van der Waals surface area contributed by atoms with E-state index >= 15 is 0 Å². The second kappa shape index (κ2) is 8.25. The van der Waals surface area contributed by atoms with Gasteiger partial charge in [0.25, 0.3) is 5.91 Å². The van der Waals surface area contributed by atoms with Crippen molar-refractivity contribution in [3.8, 4) is 5.75 Å². The van der Waals surface area contributed by atoms with E-state index in [1.807, 2.05) is 13.8 Å². The lowest BCUT2D eigenvalue weighted by atomic mass is 10.2. The van der Waals surface area contributed by atoms with Crippen LogP contribution < -0.4 is 15.4 Å². The molecule has 6 nitrogen and oxygen atoms in total. The Morgan fingerprint density at radius 1 is 1.08 bits per heavy atom. The molecule has 0 saturated heterocycles. The van der Waals surface area contributed by atoms with Gasteiger partial charge in [-0.2, -0.15) is 0 Å². The van der Waals surface area contributed by atoms with Gasteiger partial charge < -0.3 is 15.2 Å². The minimum absolute atomic E-state index is 0.00910. The minimum atomic E-state index is -1.01. The molecule has 0 saturated carbocycles. The van der Waals surface area contributed by atoms with Crippen molar-refractivity contribution in [2.24, 2.45) is 0 Å². The maximum atomic E-state index is 12.3. The number of carboxylic acids is 1. The van der Waals surface area contributed by atoms with Crippen LogP contribution in [-0.4, -0.2) is 28.2 Å². The quantitative estimate of drug-likeness (QED) is 0.711. The smallest absolute Gasteiger partial charge is 0.335 e. The van der Waals surface area contributed by atoms with Gasteiger partial charge in [-0.25, -0.2) is 4.79 Å². The summed E-state index contributed by atoms with van der Waals surface area (Å²) in [6.07, 6.45) is 0.00910. The first-order chi connectivity index (χ1) is 11.8. The fourth-order valence-corrected chi connectivity index (χ4v) is 2.23. The number of nitrogens with one attached hydrogen (secondary N) is 2. The van der Waals surface area contributed by atoms with E-state index in [-0.39, 0.29) is 22.7 Å². The number of aromatic carboxylic acids is 1. The summed E-state index contributed by atoms with van der Waals surface area (Å²) in [5.41, 5.74) is 1.16. The summed E-state index contributed by atoms with van der Waals surface area (Å²) in [5.74, 6) is -0.773. The average molecular weight is 358 g/mol.